The first-order valence-corrected chi connectivity index (χ1v) is 9.28. The zero-order valence-corrected chi connectivity index (χ0v) is 15.3. The number of aromatic amines is 2. The van der Waals surface area contributed by atoms with E-state index in [2.05, 4.69) is 20.4 Å². The summed E-state index contributed by atoms with van der Waals surface area (Å²) in [5.41, 5.74) is 2.25. The summed E-state index contributed by atoms with van der Waals surface area (Å²) in [6, 6.07) is 18.2. The molecule has 0 aliphatic heterocycles. The van der Waals surface area contributed by atoms with E-state index in [-0.39, 0.29) is 11.5 Å². The minimum Gasteiger partial charge on any atom is -0.333 e. The first-order chi connectivity index (χ1) is 13.1. The number of thioether (sulfide) groups is 1. The van der Waals surface area contributed by atoms with Crippen molar-refractivity contribution in [3.8, 4) is 5.69 Å². The third-order valence-electron chi connectivity index (χ3n) is 4.02. The molecule has 0 saturated heterocycles. The van der Waals surface area contributed by atoms with Crippen molar-refractivity contribution in [3.63, 3.8) is 0 Å². The van der Waals surface area contributed by atoms with Crippen molar-refractivity contribution in [1.29, 1.82) is 0 Å². The predicted molar refractivity (Wildman–Crippen MR) is 106 cm³/mol. The maximum atomic E-state index is 12.5. The molecule has 2 aromatic heterocycles. The van der Waals surface area contributed by atoms with E-state index in [0.29, 0.717) is 16.7 Å². The average Bonchev–Trinajstić information content (AvgIpc) is 3.24. The van der Waals surface area contributed by atoms with Crippen LogP contribution in [-0.2, 0) is 4.79 Å². The van der Waals surface area contributed by atoms with Crippen molar-refractivity contribution in [2.24, 2.45) is 0 Å². The summed E-state index contributed by atoms with van der Waals surface area (Å²) >= 11 is 1.33. The minimum absolute atomic E-state index is 0.220. The molecule has 0 radical (unpaired) electrons. The van der Waals surface area contributed by atoms with E-state index in [1.807, 2.05) is 54.6 Å². The lowest BCUT2D eigenvalue weighted by atomic mass is 10.3. The van der Waals surface area contributed by atoms with Crippen LogP contribution < -0.4 is 10.9 Å². The van der Waals surface area contributed by atoms with E-state index < -0.39 is 5.25 Å². The number of carbonyl (C=O) groups is 1. The van der Waals surface area contributed by atoms with Crippen LogP contribution in [0.2, 0.25) is 0 Å². The van der Waals surface area contributed by atoms with E-state index in [9.17, 15) is 9.59 Å². The number of para-hydroxylation sites is 3. The Labute approximate surface area is 158 Å². The van der Waals surface area contributed by atoms with Gasteiger partial charge in [0.2, 0.25) is 5.91 Å². The standard InChI is InChI=1S/C19H17N5O2S/c1-12(27-19-20-14-9-5-6-10-15(14)21-19)18(26)22-16-11-17(25)24(23-16)13-7-3-2-4-8-13/h2-12,23H,1H3,(H,20,21)(H,22,26). The Morgan fingerprint density at radius 3 is 2.67 bits per heavy atom. The molecular formula is C19H17N5O2S. The fraction of sp³-hybridized carbons (Fsp3) is 0.105. The summed E-state index contributed by atoms with van der Waals surface area (Å²) in [4.78, 5) is 32.3. The van der Waals surface area contributed by atoms with Gasteiger partial charge in [-0.2, -0.15) is 0 Å². The van der Waals surface area contributed by atoms with Crippen molar-refractivity contribution < 1.29 is 4.79 Å². The highest BCUT2D eigenvalue weighted by Crippen LogP contribution is 2.24. The molecule has 3 N–H and O–H groups in total. The fourth-order valence-electron chi connectivity index (χ4n) is 2.67. The second-order valence-electron chi connectivity index (χ2n) is 5.99. The molecule has 2 aromatic carbocycles. The van der Waals surface area contributed by atoms with Gasteiger partial charge in [0.1, 0.15) is 5.82 Å². The number of hydrogen-bond acceptors (Lipinski definition) is 4. The Balaban J connectivity index is 1.46. The largest absolute Gasteiger partial charge is 0.333 e. The van der Waals surface area contributed by atoms with Gasteiger partial charge in [-0.25, -0.2) is 9.67 Å². The number of carbonyl (C=O) groups excluding carboxylic acids is 1. The molecule has 0 spiro atoms. The zero-order chi connectivity index (χ0) is 18.8. The second kappa shape index (κ2) is 7.16. The molecule has 1 amide bonds. The number of aromatic nitrogens is 4. The summed E-state index contributed by atoms with van der Waals surface area (Å²) in [6.07, 6.45) is 0. The van der Waals surface area contributed by atoms with Crippen LogP contribution >= 0.6 is 11.8 Å². The van der Waals surface area contributed by atoms with E-state index in [4.69, 9.17) is 0 Å². The van der Waals surface area contributed by atoms with Crippen LogP contribution in [-0.4, -0.2) is 30.9 Å². The Bertz CT molecular complexity index is 1110. The van der Waals surface area contributed by atoms with Crippen molar-refractivity contribution >= 4 is 34.5 Å². The minimum atomic E-state index is -0.394. The van der Waals surface area contributed by atoms with Gasteiger partial charge in [-0.05, 0) is 31.2 Å². The second-order valence-corrected chi connectivity index (χ2v) is 7.32. The van der Waals surface area contributed by atoms with Gasteiger partial charge >= 0.3 is 0 Å². The van der Waals surface area contributed by atoms with Crippen LogP contribution in [0.5, 0.6) is 0 Å². The molecule has 0 fully saturated rings. The maximum absolute atomic E-state index is 12.5. The molecule has 1 unspecified atom stereocenters. The first-order valence-electron chi connectivity index (χ1n) is 8.40. The van der Waals surface area contributed by atoms with Crippen LogP contribution in [0, 0.1) is 0 Å². The lowest BCUT2D eigenvalue weighted by Crippen LogP contribution is -2.22. The molecule has 0 aliphatic carbocycles. The molecule has 7 nitrogen and oxygen atoms in total. The normalized spacial score (nSPS) is 12.2. The maximum Gasteiger partial charge on any atom is 0.273 e. The number of H-pyrrole nitrogens is 2. The Kier molecular flexibility index (Phi) is 4.55. The van der Waals surface area contributed by atoms with Crippen molar-refractivity contribution in [3.05, 3.63) is 71.0 Å². The molecule has 0 bridgehead atoms. The first kappa shape index (κ1) is 17.2. The molecule has 4 aromatic rings. The number of fused-ring (bicyclic) bond motifs is 1. The topological polar surface area (TPSA) is 95.6 Å². The monoisotopic (exact) mass is 379 g/mol. The number of benzene rings is 2. The van der Waals surface area contributed by atoms with Crippen molar-refractivity contribution in [2.75, 3.05) is 5.32 Å². The van der Waals surface area contributed by atoms with E-state index in [0.717, 1.165) is 11.0 Å². The van der Waals surface area contributed by atoms with Gasteiger partial charge in [-0.15, -0.1) is 0 Å². The molecular weight excluding hydrogens is 362 g/mol. The van der Waals surface area contributed by atoms with Crippen LogP contribution in [0.25, 0.3) is 16.7 Å². The number of anilines is 1. The van der Waals surface area contributed by atoms with Gasteiger partial charge in [0, 0.05) is 6.07 Å². The summed E-state index contributed by atoms with van der Waals surface area (Å²) in [6.45, 7) is 1.79. The molecule has 4 rings (SSSR count). The van der Waals surface area contributed by atoms with Crippen LogP contribution in [0.1, 0.15) is 6.92 Å². The molecule has 1 atom stereocenters. The smallest absolute Gasteiger partial charge is 0.273 e. The molecule has 2 heterocycles. The third kappa shape index (κ3) is 3.65. The average molecular weight is 379 g/mol. The molecule has 0 saturated carbocycles. The Morgan fingerprint density at radius 2 is 1.89 bits per heavy atom. The Hall–Kier alpha value is -3.26. The van der Waals surface area contributed by atoms with Gasteiger partial charge in [-0.1, -0.05) is 42.1 Å². The quantitative estimate of drug-likeness (QED) is 0.464. The Morgan fingerprint density at radius 1 is 1.15 bits per heavy atom. The molecule has 27 heavy (non-hydrogen) atoms. The van der Waals surface area contributed by atoms with Crippen molar-refractivity contribution in [2.45, 2.75) is 17.3 Å². The molecule has 8 heteroatoms. The number of nitrogens with one attached hydrogen (secondary N) is 3. The summed E-state index contributed by atoms with van der Waals surface area (Å²) in [7, 11) is 0. The SMILES string of the molecule is CC(Sc1nc2ccccc2[nH]1)C(=O)Nc1cc(=O)n(-c2ccccc2)[nH]1. The number of nitrogens with zero attached hydrogens (tertiary/aromatic N) is 2. The van der Waals surface area contributed by atoms with Gasteiger partial charge in [0.05, 0.1) is 22.0 Å². The molecule has 0 aliphatic rings. The number of hydrogen-bond donors (Lipinski definition) is 3. The predicted octanol–water partition coefficient (Wildman–Crippen LogP) is 3.16. The van der Waals surface area contributed by atoms with E-state index >= 15 is 0 Å². The lowest BCUT2D eigenvalue weighted by molar-refractivity contribution is -0.115. The number of imidazole rings is 1. The fourth-order valence-corrected chi connectivity index (χ4v) is 3.49. The van der Waals surface area contributed by atoms with Crippen molar-refractivity contribution in [1.82, 2.24) is 19.7 Å². The number of rotatable bonds is 5. The van der Waals surface area contributed by atoms with Gasteiger partial charge < -0.3 is 10.3 Å². The highest BCUT2D eigenvalue weighted by molar-refractivity contribution is 8.00. The highest BCUT2D eigenvalue weighted by atomic mass is 32.2. The highest BCUT2D eigenvalue weighted by Gasteiger charge is 2.18. The van der Waals surface area contributed by atoms with Crippen LogP contribution in [0.4, 0.5) is 5.82 Å². The van der Waals surface area contributed by atoms with E-state index in [1.54, 1.807) is 6.92 Å². The summed E-state index contributed by atoms with van der Waals surface area (Å²) in [5.74, 6) is 0.132. The van der Waals surface area contributed by atoms with Gasteiger partial charge in [0.15, 0.2) is 5.16 Å². The van der Waals surface area contributed by atoms with Crippen LogP contribution in [0.15, 0.2) is 70.6 Å². The lowest BCUT2D eigenvalue weighted by Gasteiger charge is -2.09. The zero-order valence-electron chi connectivity index (χ0n) is 14.5. The summed E-state index contributed by atoms with van der Waals surface area (Å²) < 4.78 is 1.38. The number of amides is 1. The van der Waals surface area contributed by atoms with Gasteiger partial charge in [0.25, 0.3) is 5.56 Å². The van der Waals surface area contributed by atoms with E-state index in [1.165, 1.54) is 22.5 Å². The van der Waals surface area contributed by atoms with Crippen LogP contribution in [0.3, 0.4) is 0 Å². The summed E-state index contributed by atoms with van der Waals surface area (Å²) in [5, 5.41) is 5.94. The molecule has 136 valence electrons. The van der Waals surface area contributed by atoms with Gasteiger partial charge in [-0.3, -0.25) is 14.7 Å². The third-order valence-corrected chi connectivity index (χ3v) is 5.00.